The molecule has 42 heavy (non-hydrogen) atoms. The Morgan fingerprint density at radius 3 is 2.31 bits per heavy atom. The monoisotopic (exact) mass is 601 g/mol. The normalized spacial score (nSPS) is 12.6. The van der Waals surface area contributed by atoms with Crippen molar-refractivity contribution < 1.29 is 18.0 Å². The van der Waals surface area contributed by atoms with Gasteiger partial charge in [0.2, 0.25) is 10.0 Å². The second-order valence-corrected chi connectivity index (χ2v) is 12.2. The summed E-state index contributed by atoms with van der Waals surface area (Å²) in [5.41, 5.74) is 9.38. The Balaban J connectivity index is 1.20. The molecule has 0 saturated carbocycles. The van der Waals surface area contributed by atoms with Crippen LogP contribution in [0.2, 0.25) is 0 Å². The molecule has 0 aliphatic carbocycles. The summed E-state index contributed by atoms with van der Waals surface area (Å²) in [5, 5.41) is 5.05. The number of benzene rings is 4. The van der Waals surface area contributed by atoms with E-state index < -0.39 is 15.9 Å². The summed E-state index contributed by atoms with van der Waals surface area (Å²) in [7, 11) is -3.64. The molecule has 9 nitrogen and oxygen atoms in total. The minimum atomic E-state index is -3.64. The molecule has 3 N–H and O–H groups in total. The van der Waals surface area contributed by atoms with Crippen molar-refractivity contribution in [2.45, 2.75) is 32.2 Å². The van der Waals surface area contributed by atoms with Gasteiger partial charge in [0.25, 0.3) is 11.8 Å². The van der Waals surface area contributed by atoms with Crippen molar-refractivity contribution >= 4 is 61.3 Å². The van der Waals surface area contributed by atoms with Crippen LogP contribution in [0.5, 0.6) is 0 Å². The zero-order chi connectivity index (χ0) is 30.0. The van der Waals surface area contributed by atoms with Gasteiger partial charge < -0.3 is 10.2 Å². The van der Waals surface area contributed by atoms with Crippen LogP contribution in [-0.2, 0) is 16.6 Å². The Morgan fingerprint density at radius 2 is 1.62 bits per heavy atom. The molecule has 0 unspecified atom stereocenters. The van der Waals surface area contributed by atoms with Gasteiger partial charge in [-0.2, -0.15) is 4.31 Å². The first-order valence-corrected chi connectivity index (χ1v) is 15.4. The maximum atomic E-state index is 13.1. The first kappa shape index (κ1) is 29.2. The van der Waals surface area contributed by atoms with E-state index >= 15 is 0 Å². The number of carbonyl (C=O) groups excluding carboxylic acids is 2. The summed E-state index contributed by atoms with van der Waals surface area (Å²) in [6.07, 6.45) is 0. The van der Waals surface area contributed by atoms with Gasteiger partial charge in [0.15, 0.2) is 5.11 Å². The predicted octanol–water partition coefficient (Wildman–Crippen LogP) is 4.97. The summed E-state index contributed by atoms with van der Waals surface area (Å²) in [4.78, 5) is 27.8. The molecular formula is C31H31N5O4S2. The fourth-order valence-corrected chi connectivity index (χ4v) is 6.67. The minimum absolute atomic E-state index is 0.0414. The molecule has 0 radical (unpaired) electrons. The standard InChI is InChI=1S/C31H31N5O4S2/c1-4-35(5-2)42(39,40)24-17-12-20(3)26(18-24)32-31(41)34-33-29(37)23-15-13-21(14-16-23)19-36-27-11-7-9-22-8-6-10-25(28(22)27)30(36)38/h6-18H,4-5,19H2,1-3H3,(H,33,37)(H2,32,34,41). The maximum Gasteiger partial charge on any atom is 0.269 e. The fraction of sp³-hybridized carbons (Fsp3) is 0.194. The number of hydrogen-bond acceptors (Lipinski definition) is 5. The van der Waals surface area contributed by atoms with Crippen molar-refractivity contribution in [2.24, 2.45) is 0 Å². The molecule has 216 valence electrons. The summed E-state index contributed by atoms with van der Waals surface area (Å²) in [6, 6.07) is 23.4. The van der Waals surface area contributed by atoms with E-state index in [9.17, 15) is 18.0 Å². The number of nitrogens with zero attached hydrogens (tertiary/aromatic N) is 2. The summed E-state index contributed by atoms with van der Waals surface area (Å²) in [5.74, 6) is -0.449. The Hall–Kier alpha value is -4.32. The van der Waals surface area contributed by atoms with E-state index in [1.54, 1.807) is 43.0 Å². The Labute approximate surface area is 250 Å². The number of rotatable bonds is 8. The highest BCUT2D eigenvalue weighted by molar-refractivity contribution is 7.89. The van der Waals surface area contributed by atoms with Crippen LogP contribution in [-0.4, -0.2) is 42.7 Å². The lowest BCUT2D eigenvalue weighted by atomic mass is 10.1. The van der Waals surface area contributed by atoms with Gasteiger partial charge in [-0.1, -0.05) is 56.3 Å². The van der Waals surface area contributed by atoms with Crippen LogP contribution in [0.1, 0.15) is 45.7 Å². The lowest BCUT2D eigenvalue weighted by molar-refractivity contribution is 0.0942. The third-order valence-corrected chi connectivity index (χ3v) is 9.55. The molecule has 1 heterocycles. The predicted molar refractivity (Wildman–Crippen MR) is 169 cm³/mol. The zero-order valence-electron chi connectivity index (χ0n) is 23.5. The van der Waals surface area contributed by atoms with Gasteiger partial charge in [-0.15, -0.1) is 0 Å². The number of sulfonamides is 1. The van der Waals surface area contributed by atoms with E-state index in [1.807, 2.05) is 55.5 Å². The Morgan fingerprint density at radius 1 is 0.929 bits per heavy atom. The van der Waals surface area contributed by atoms with Crippen LogP contribution in [0.3, 0.4) is 0 Å². The van der Waals surface area contributed by atoms with Gasteiger partial charge in [0.1, 0.15) is 0 Å². The number of nitrogens with one attached hydrogen (secondary N) is 3. The molecule has 1 aliphatic heterocycles. The number of anilines is 2. The molecule has 0 fully saturated rings. The van der Waals surface area contributed by atoms with E-state index in [0.717, 1.165) is 27.6 Å². The first-order chi connectivity index (χ1) is 20.1. The smallest absolute Gasteiger partial charge is 0.269 e. The van der Waals surface area contributed by atoms with E-state index in [2.05, 4.69) is 16.2 Å². The van der Waals surface area contributed by atoms with Gasteiger partial charge in [-0.3, -0.25) is 20.4 Å². The van der Waals surface area contributed by atoms with Gasteiger partial charge in [0.05, 0.1) is 17.1 Å². The van der Waals surface area contributed by atoms with Gasteiger partial charge in [-0.05, 0) is 72.1 Å². The minimum Gasteiger partial charge on any atom is -0.331 e. The van der Waals surface area contributed by atoms with Crippen molar-refractivity contribution in [3.05, 3.63) is 101 Å². The molecule has 11 heteroatoms. The van der Waals surface area contributed by atoms with Crippen molar-refractivity contribution in [3.63, 3.8) is 0 Å². The van der Waals surface area contributed by atoms with Crippen LogP contribution in [0.15, 0.2) is 83.8 Å². The summed E-state index contributed by atoms with van der Waals surface area (Å²) < 4.78 is 27.2. The second kappa shape index (κ2) is 11.9. The molecule has 0 atom stereocenters. The molecule has 1 aliphatic rings. The van der Waals surface area contributed by atoms with E-state index in [-0.39, 0.29) is 15.9 Å². The third kappa shape index (κ3) is 5.58. The SMILES string of the molecule is CCN(CC)S(=O)(=O)c1ccc(C)c(NC(=S)NNC(=O)c2ccc(CN3C(=O)c4cccc5cccc3c45)cc2)c1. The van der Waals surface area contributed by atoms with Crippen LogP contribution in [0, 0.1) is 6.92 Å². The fourth-order valence-electron chi connectivity index (χ4n) is 5.03. The Bertz CT molecular complexity index is 1800. The number of aryl methyl sites for hydroxylation is 1. The highest BCUT2D eigenvalue weighted by atomic mass is 32.2. The molecule has 2 amide bonds. The topological polar surface area (TPSA) is 111 Å². The number of thiocarbonyl (C=S) groups is 1. The van der Waals surface area contributed by atoms with Crippen molar-refractivity contribution in [1.29, 1.82) is 0 Å². The van der Waals surface area contributed by atoms with Gasteiger partial charge >= 0.3 is 0 Å². The molecule has 5 rings (SSSR count). The Kier molecular flexibility index (Phi) is 8.26. The van der Waals surface area contributed by atoms with Crippen LogP contribution in [0.4, 0.5) is 11.4 Å². The van der Waals surface area contributed by atoms with Crippen LogP contribution >= 0.6 is 12.2 Å². The van der Waals surface area contributed by atoms with Crippen LogP contribution in [0.25, 0.3) is 10.8 Å². The van der Waals surface area contributed by atoms with Crippen molar-refractivity contribution in [3.8, 4) is 0 Å². The molecule has 4 aromatic rings. The molecule has 0 saturated heterocycles. The van der Waals surface area contributed by atoms with Crippen LogP contribution < -0.4 is 21.1 Å². The number of carbonyl (C=O) groups is 2. The second-order valence-electron chi connectivity index (χ2n) is 9.87. The van der Waals surface area contributed by atoms with E-state index in [4.69, 9.17) is 12.2 Å². The molecule has 4 aromatic carbocycles. The largest absolute Gasteiger partial charge is 0.331 e. The van der Waals surface area contributed by atoms with Crippen molar-refractivity contribution in [1.82, 2.24) is 15.2 Å². The maximum absolute atomic E-state index is 13.1. The van der Waals surface area contributed by atoms with Gasteiger partial charge in [0, 0.05) is 35.3 Å². The molecule has 0 spiro atoms. The highest BCUT2D eigenvalue weighted by Crippen LogP contribution is 2.38. The zero-order valence-corrected chi connectivity index (χ0v) is 25.1. The first-order valence-electron chi connectivity index (χ1n) is 13.5. The molecule has 0 bridgehead atoms. The van der Waals surface area contributed by atoms with E-state index in [0.29, 0.717) is 36.4 Å². The number of hydrogen-bond donors (Lipinski definition) is 3. The highest BCUT2D eigenvalue weighted by Gasteiger charge is 2.29. The lowest BCUT2D eigenvalue weighted by Crippen LogP contribution is -2.43. The lowest BCUT2D eigenvalue weighted by Gasteiger charge is -2.20. The molecular weight excluding hydrogens is 571 g/mol. The van der Waals surface area contributed by atoms with Crippen molar-refractivity contribution in [2.75, 3.05) is 23.3 Å². The quantitative estimate of drug-likeness (QED) is 0.193. The van der Waals surface area contributed by atoms with Gasteiger partial charge in [-0.25, -0.2) is 8.42 Å². The number of amides is 2. The van der Waals surface area contributed by atoms with E-state index in [1.165, 1.54) is 10.4 Å². The number of hydrazine groups is 1. The molecule has 0 aromatic heterocycles. The third-order valence-electron chi connectivity index (χ3n) is 7.30. The summed E-state index contributed by atoms with van der Waals surface area (Å²) >= 11 is 5.33. The average Bonchev–Trinajstić information content (AvgIpc) is 3.25. The average molecular weight is 602 g/mol. The summed E-state index contributed by atoms with van der Waals surface area (Å²) in [6.45, 7) is 6.51.